The lowest BCUT2D eigenvalue weighted by atomic mass is 10.1. The highest BCUT2D eigenvalue weighted by atomic mass is 35.5. The topological polar surface area (TPSA) is 44.4 Å². The normalized spacial score (nSPS) is 18.0. The van der Waals surface area contributed by atoms with E-state index in [-0.39, 0.29) is 5.56 Å². The Hall–Kier alpha value is -1.31. The minimum atomic E-state index is -4.39. The van der Waals surface area contributed by atoms with Gasteiger partial charge in [-0.05, 0) is 18.2 Å². The Bertz CT molecular complexity index is 518. The second-order valence-corrected chi connectivity index (χ2v) is 5.50. The van der Waals surface area contributed by atoms with Crippen LogP contribution in [-0.4, -0.2) is 55.7 Å². The van der Waals surface area contributed by atoms with Gasteiger partial charge in [-0.25, -0.2) is 0 Å². The molecule has 1 fully saturated rings. The van der Waals surface area contributed by atoms with E-state index < -0.39 is 24.7 Å². The van der Waals surface area contributed by atoms with Crippen molar-refractivity contribution in [1.29, 1.82) is 0 Å². The van der Waals surface area contributed by atoms with Crippen molar-refractivity contribution in [2.45, 2.75) is 12.2 Å². The number of amides is 1. The van der Waals surface area contributed by atoms with Gasteiger partial charge in [-0.1, -0.05) is 17.7 Å². The van der Waals surface area contributed by atoms with Gasteiger partial charge in [-0.2, -0.15) is 13.2 Å². The zero-order valence-electron chi connectivity index (χ0n) is 11.8. The van der Waals surface area contributed by atoms with Crippen LogP contribution in [0.4, 0.5) is 13.2 Å². The lowest BCUT2D eigenvalue weighted by Crippen LogP contribution is -2.57. The molecule has 1 aliphatic rings. The van der Waals surface area contributed by atoms with Crippen molar-refractivity contribution < 1.29 is 18.0 Å². The van der Waals surface area contributed by atoms with E-state index in [1.807, 2.05) is 0 Å². The number of benzene rings is 1. The van der Waals surface area contributed by atoms with Crippen LogP contribution in [0.5, 0.6) is 0 Å². The fourth-order valence-electron chi connectivity index (χ4n) is 2.37. The zero-order valence-corrected chi connectivity index (χ0v) is 12.5. The molecule has 1 atom stereocenters. The molecule has 0 bridgehead atoms. The maximum atomic E-state index is 13.2. The summed E-state index contributed by atoms with van der Waals surface area (Å²) in [5, 5.41) is 5.72. The van der Waals surface area contributed by atoms with Crippen molar-refractivity contribution in [3.05, 3.63) is 34.9 Å². The minimum absolute atomic E-state index is 0.244. The molecule has 0 saturated carbocycles. The molecule has 0 spiro atoms. The van der Waals surface area contributed by atoms with Gasteiger partial charge in [0.25, 0.3) is 5.91 Å². The van der Waals surface area contributed by atoms with Crippen LogP contribution in [0.3, 0.4) is 0 Å². The predicted molar refractivity (Wildman–Crippen MR) is 78.1 cm³/mol. The Morgan fingerprint density at radius 3 is 2.64 bits per heavy atom. The molecule has 122 valence electrons. The van der Waals surface area contributed by atoms with Crippen molar-refractivity contribution in [2.24, 2.45) is 0 Å². The summed E-state index contributed by atoms with van der Waals surface area (Å²) in [6.07, 6.45) is -4.39. The quantitative estimate of drug-likeness (QED) is 0.883. The van der Waals surface area contributed by atoms with Gasteiger partial charge in [0.2, 0.25) is 0 Å². The Balaban J connectivity index is 2.00. The van der Waals surface area contributed by atoms with Gasteiger partial charge in [0.1, 0.15) is 6.04 Å². The van der Waals surface area contributed by atoms with Gasteiger partial charge >= 0.3 is 6.18 Å². The lowest BCUT2D eigenvalue weighted by Gasteiger charge is -2.35. The molecule has 8 heteroatoms. The van der Waals surface area contributed by atoms with Gasteiger partial charge in [0, 0.05) is 43.3 Å². The number of piperazine rings is 1. The molecule has 1 amide bonds. The number of carbonyl (C=O) groups is 1. The van der Waals surface area contributed by atoms with Gasteiger partial charge in [-0.15, -0.1) is 0 Å². The Morgan fingerprint density at radius 2 is 2.05 bits per heavy atom. The molecule has 0 aromatic heterocycles. The molecule has 1 heterocycles. The average Bonchev–Trinajstić information content (AvgIpc) is 2.47. The lowest BCUT2D eigenvalue weighted by molar-refractivity contribution is -0.183. The van der Waals surface area contributed by atoms with Crippen molar-refractivity contribution in [1.82, 2.24) is 15.5 Å². The second kappa shape index (κ2) is 7.30. The van der Waals surface area contributed by atoms with E-state index in [0.29, 0.717) is 31.2 Å². The number of halogens is 4. The van der Waals surface area contributed by atoms with Crippen LogP contribution < -0.4 is 10.6 Å². The van der Waals surface area contributed by atoms with E-state index >= 15 is 0 Å². The van der Waals surface area contributed by atoms with Gasteiger partial charge in [0.05, 0.1) is 0 Å². The fraction of sp³-hybridized carbons (Fsp3) is 0.500. The average molecular weight is 336 g/mol. The van der Waals surface area contributed by atoms with Crippen molar-refractivity contribution in [2.75, 3.05) is 32.7 Å². The van der Waals surface area contributed by atoms with Crippen molar-refractivity contribution in [3.63, 3.8) is 0 Å². The Kier molecular flexibility index (Phi) is 5.66. The summed E-state index contributed by atoms with van der Waals surface area (Å²) in [6.45, 7) is 1.15. The maximum Gasteiger partial charge on any atom is 0.405 e. The van der Waals surface area contributed by atoms with E-state index in [0.717, 1.165) is 0 Å². The number of nitrogens with zero attached hydrogens (tertiary/aromatic N) is 1. The summed E-state index contributed by atoms with van der Waals surface area (Å²) in [7, 11) is 0. The number of nitrogens with one attached hydrogen (secondary N) is 2. The van der Waals surface area contributed by atoms with E-state index in [1.165, 1.54) is 17.0 Å². The number of rotatable bonds is 4. The van der Waals surface area contributed by atoms with Crippen LogP contribution in [0, 0.1) is 0 Å². The van der Waals surface area contributed by atoms with E-state index in [4.69, 9.17) is 11.6 Å². The van der Waals surface area contributed by atoms with Gasteiger partial charge < -0.3 is 10.6 Å². The SMILES string of the molecule is O=C(NCC(N1CCNCC1)C(F)(F)F)c1cccc(Cl)c1. The molecule has 4 nitrogen and oxygen atoms in total. The second-order valence-electron chi connectivity index (χ2n) is 5.06. The van der Waals surface area contributed by atoms with E-state index in [9.17, 15) is 18.0 Å². The first-order valence-corrected chi connectivity index (χ1v) is 7.31. The first-order valence-electron chi connectivity index (χ1n) is 6.93. The molecule has 1 unspecified atom stereocenters. The highest BCUT2D eigenvalue weighted by Gasteiger charge is 2.43. The fourth-order valence-corrected chi connectivity index (χ4v) is 2.56. The summed E-state index contributed by atoms with van der Waals surface area (Å²) in [5.41, 5.74) is 0.244. The highest BCUT2D eigenvalue weighted by molar-refractivity contribution is 6.30. The first kappa shape index (κ1) is 17.1. The van der Waals surface area contributed by atoms with Crippen LogP contribution in [-0.2, 0) is 0 Å². The maximum absolute atomic E-state index is 13.2. The standard InChI is InChI=1S/C14H17ClF3N3O/c15-11-3-1-2-10(8-11)13(22)20-9-12(14(16,17)18)21-6-4-19-5-7-21/h1-3,8,12,19H,4-7,9H2,(H,20,22). The summed E-state index contributed by atoms with van der Waals surface area (Å²) >= 11 is 5.77. The third kappa shape index (κ3) is 4.59. The Labute approximate surface area is 131 Å². The molecule has 1 aromatic carbocycles. The number of hydrogen-bond acceptors (Lipinski definition) is 3. The number of alkyl halides is 3. The van der Waals surface area contributed by atoms with Crippen LogP contribution in [0.15, 0.2) is 24.3 Å². The molecular weight excluding hydrogens is 319 g/mol. The van der Waals surface area contributed by atoms with Gasteiger partial charge in [0.15, 0.2) is 0 Å². The Morgan fingerprint density at radius 1 is 1.36 bits per heavy atom. The molecule has 2 N–H and O–H groups in total. The molecule has 22 heavy (non-hydrogen) atoms. The highest BCUT2D eigenvalue weighted by Crippen LogP contribution is 2.25. The van der Waals surface area contributed by atoms with Crippen LogP contribution in [0.25, 0.3) is 0 Å². The number of carbonyl (C=O) groups excluding carboxylic acids is 1. The van der Waals surface area contributed by atoms with Crippen molar-refractivity contribution >= 4 is 17.5 Å². The summed E-state index contributed by atoms with van der Waals surface area (Å²) in [4.78, 5) is 13.3. The van der Waals surface area contributed by atoms with E-state index in [1.54, 1.807) is 12.1 Å². The summed E-state index contributed by atoms with van der Waals surface area (Å²) in [5.74, 6) is -0.563. The molecule has 1 saturated heterocycles. The monoisotopic (exact) mass is 335 g/mol. The first-order chi connectivity index (χ1) is 10.4. The predicted octanol–water partition coefficient (Wildman–Crippen LogP) is 1.91. The van der Waals surface area contributed by atoms with Crippen LogP contribution >= 0.6 is 11.6 Å². The summed E-state index contributed by atoms with van der Waals surface area (Å²) < 4.78 is 39.6. The summed E-state index contributed by atoms with van der Waals surface area (Å²) in [6, 6.07) is 4.42. The molecule has 1 aliphatic heterocycles. The molecular formula is C14H17ClF3N3O. The third-order valence-electron chi connectivity index (χ3n) is 3.51. The number of hydrogen-bond donors (Lipinski definition) is 2. The molecule has 1 aromatic rings. The molecule has 2 rings (SSSR count). The zero-order chi connectivity index (χ0) is 16.2. The molecule has 0 radical (unpaired) electrons. The third-order valence-corrected chi connectivity index (χ3v) is 3.75. The largest absolute Gasteiger partial charge is 0.405 e. The van der Waals surface area contributed by atoms with Crippen LogP contribution in [0.2, 0.25) is 5.02 Å². The van der Waals surface area contributed by atoms with Gasteiger partial charge in [-0.3, -0.25) is 9.69 Å². The molecule has 0 aliphatic carbocycles. The minimum Gasteiger partial charge on any atom is -0.350 e. The van der Waals surface area contributed by atoms with Crippen LogP contribution in [0.1, 0.15) is 10.4 Å². The van der Waals surface area contributed by atoms with Crippen molar-refractivity contribution in [3.8, 4) is 0 Å². The smallest absolute Gasteiger partial charge is 0.350 e. The van der Waals surface area contributed by atoms with E-state index in [2.05, 4.69) is 10.6 Å².